The minimum atomic E-state index is 0.278. The average Bonchev–Trinajstić information content (AvgIpc) is 3.07. The molecule has 1 fully saturated rings. The van der Waals surface area contributed by atoms with E-state index in [1.165, 1.54) is 0 Å². The fourth-order valence-corrected chi connectivity index (χ4v) is 2.41. The van der Waals surface area contributed by atoms with Gasteiger partial charge in [-0.05, 0) is 31.0 Å². The number of aromatic nitrogens is 2. The van der Waals surface area contributed by atoms with Crippen LogP contribution in [-0.2, 0) is 4.74 Å². The number of methoxy groups -OCH3 is 1. The van der Waals surface area contributed by atoms with E-state index in [2.05, 4.69) is 20.6 Å². The molecule has 1 saturated heterocycles. The van der Waals surface area contributed by atoms with E-state index in [0.717, 1.165) is 43.2 Å². The van der Waals surface area contributed by atoms with Crippen molar-refractivity contribution >= 4 is 17.5 Å². The Morgan fingerprint density at radius 3 is 3.05 bits per heavy atom. The maximum absolute atomic E-state index is 5.59. The Balaban J connectivity index is 1.65. The van der Waals surface area contributed by atoms with Crippen molar-refractivity contribution in [2.75, 3.05) is 30.9 Å². The zero-order valence-electron chi connectivity index (χ0n) is 12.6. The van der Waals surface area contributed by atoms with Crippen molar-refractivity contribution < 1.29 is 9.47 Å². The summed E-state index contributed by atoms with van der Waals surface area (Å²) in [7, 11) is 1.64. The maximum atomic E-state index is 5.59. The lowest BCUT2D eigenvalue weighted by Crippen LogP contribution is -2.19. The second-order valence-electron chi connectivity index (χ2n) is 5.11. The standard InChI is InChI=1S/C16H20N4O2/c1-21-14-7-3-2-6-13(14)19-16-17-9-8-15(20-16)18-11-12-5-4-10-22-12/h2-3,6-9,12H,4-5,10-11H2,1H3,(H2,17,18,19,20). The van der Waals surface area contributed by atoms with Crippen LogP contribution in [0.1, 0.15) is 12.8 Å². The summed E-state index contributed by atoms with van der Waals surface area (Å²) in [5.74, 6) is 2.06. The Morgan fingerprint density at radius 1 is 1.32 bits per heavy atom. The highest BCUT2D eigenvalue weighted by Gasteiger charge is 2.15. The molecule has 0 saturated carbocycles. The number of anilines is 3. The molecule has 6 nitrogen and oxygen atoms in total. The summed E-state index contributed by atoms with van der Waals surface area (Å²) in [5, 5.41) is 6.47. The SMILES string of the molecule is COc1ccccc1Nc1nccc(NCC2CCCO2)n1. The molecule has 0 radical (unpaired) electrons. The van der Waals surface area contributed by atoms with Crippen LogP contribution in [0.15, 0.2) is 36.5 Å². The monoisotopic (exact) mass is 300 g/mol. The molecule has 6 heteroatoms. The minimum Gasteiger partial charge on any atom is -0.495 e. The quantitative estimate of drug-likeness (QED) is 0.855. The number of ether oxygens (including phenoxy) is 2. The lowest BCUT2D eigenvalue weighted by Gasteiger charge is -2.13. The minimum absolute atomic E-state index is 0.278. The van der Waals surface area contributed by atoms with Gasteiger partial charge in [0.15, 0.2) is 0 Å². The Labute approximate surface area is 129 Å². The van der Waals surface area contributed by atoms with E-state index < -0.39 is 0 Å². The molecule has 0 aliphatic carbocycles. The number of nitrogens with one attached hydrogen (secondary N) is 2. The summed E-state index contributed by atoms with van der Waals surface area (Å²) < 4.78 is 10.9. The summed E-state index contributed by atoms with van der Waals surface area (Å²) in [4.78, 5) is 8.70. The highest BCUT2D eigenvalue weighted by atomic mass is 16.5. The lowest BCUT2D eigenvalue weighted by atomic mass is 10.2. The normalized spacial score (nSPS) is 17.2. The molecule has 2 aromatic rings. The van der Waals surface area contributed by atoms with E-state index in [1.807, 2.05) is 30.3 Å². The van der Waals surface area contributed by atoms with Gasteiger partial charge in [0.05, 0.1) is 18.9 Å². The first kappa shape index (κ1) is 14.6. The molecule has 2 N–H and O–H groups in total. The number of benzene rings is 1. The van der Waals surface area contributed by atoms with Gasteiger partial charge in [0, 0.05) is 19.3 Å². The Kier molecular flexibility index (Phi) is 4.70. The van der Waals surface area contributed by atoms with Gasteiger partial charge in [-0.25, -0.2) is 4.98 Å². The number of hydrogen-bond donors (Lipinski definition) is 2. The molecule has 1 aliphatic heterocycles. The Hall–Kier alpha value is -2.34. The Morgan fingerprint density at radius 2 is 2.23 bits per heavy atom. The largest absolute Gasteiger partial charge is 0.495 e. The molecule has 0 bridgehead atoms. The molecule has 2 heterocycles. The first-order valence-electron chi connectivity index (χ1n) is 7.44. The average molecular weight is 300 g/mol. The van der Waals surface area contributed by atoms with Crippen molar-refractivity contribution in [3.8, 4) is 5.75 Å². The van der Waals surface area contributed by atoms with Crippen molar-refractivity contribution in [1.82, 2.24) is 9.97 Å². The second kappa shape index (κ2) is 7.09. The van der Waals surface area contributed by atoms with E-state index in [1.54, 1.807) is 13.3 Å². The summed E-state index contributed by atoms with van der Waals surface area (Å²) in [6.07, 6.45) is 4.24. The van der Waals surface area contributed by atoms with E-state index in [0.29, 0.717) is 5.95 Å². The fraction of sp³-hybridized carbons (Fsp3) is 0.375. The van der Waals surface area contributed by atoms with Gasteiger partial charge in [0.2, 0.25) is 5.95 Å². The third kappa shape index (κ3) is 3.65. The fourth-order valence-electron chi connectivity index (χ4n) is 2.41. The first-order chi connectivity index (χ1) is 10.8. The number of nitrogens with zero attached hydrogens (tertiary/aromatic N) is 2. The van der Waals surface area contributed by atoms with Crippen molar-refractivity contribution in [2.24, 2.45) is 0 Å². The predicted octanol–water partition coefficient (Wildman–Crippen LogP) is 2.82. The van der Waals surface area contributed by atoms with Gasteiger partial charge in [-0.1, -0.05) is 12.1 Å². The van der Waals surface area contributed by atoms with Crippen LogP contribution < -0.4 is 15.4 Å². The number of rotatable bonds is 6. The van der Waals surface area contributed by atoms with Crippen LogP contribution >= 0.6 is 0 Å². The van der Waals surface area contributed by atoms with E-state index in [-0.39, 0.29) is 6.10 Å². The molecule has 1 unspecified atom stereocenters. The van der Waals surface area contributed by atoms with Crippen LogP contribution in [0, 0.1) is 0 Å². The van der Waals surface area contributed by atoms with Crippen molar-refractivity contribution in [2.45, 2.75) is 18.9 Å². The van der Waals surface area contributed by atoms with Crippen molar-refractivity contribution in [3.05, 3.63) is 36.5 Å². The molecular weight excluding hydrogens is 280 g/mol. The molecule has 0 amide bonds. The highest BCUT2D eigenvalue weighted by molar-refractivity contribution is 5.62. The topological polar surface area (TPSA) is 68.3 Å². The predicted molar refractivity (Wildman–Crippen MR) is 85.8 cm³/mol. The van der Waals surface area contributed by atoms with Crippen molar-refractivity contribution in [3.63, 3.8) is 0 Å². The molecule has 1 aromatic heterocycles. The summed E-state index contributed by atoms with van der Waals surface area (Å²) in [5.41, 5.74) is 0.835. The maximum Gasteiger partial charge on any atom is 0.229 e. The molecule has 0 spiro atoms. The van der Waals surface area contributed by atoms with Crippen LogP contribution in [-0.4, -0.2) is 36.3 Å². The van der Waals surface area contributed by atoms with Gasteiger partial charge < -0.3 is 20.1 Å². The molecule has 1 atom stereocenters. The van der Waals surface area contributed by atoms with Gasteiger partial charge in [0.1, 0.15) is 11.6 Å². The van der Waals surface area contributed by atoms with Crippen LogP contribution in [0.5, 0.6) is 5.75 Å². The second-order valence-corrected chi connectivity index (χ2v) is 5.11. The van der Waals surface area contributed by atoms with Gasteiger partial charge in [0.25, 0.3) is 0 Å². The van der Waals surface area contributed by atoms with Crippen LogP contribution in [0.2, 0.25) is 0 Å². The van der Waals surface area contributed by atoms with E-state index in [4.69, 9.17) is 9.47 Å². The highest BCUT2D eigenvalue weighted by Crippen LogP contribution is 2.25. The lowest BCUT2D eigenvalue weighted by molar-refractivity contribution is 0.120. The molecule has 3 rings (SSSR count). The zero-order chi connectivity index (χ0) is 15.2. The third-order valence-corrected chi connectivity index (χ3v) is 3.54. The summed E-state index contributed by atoms with van der Waals surface area (Å²) >= 11 is 0. The summed E-state index contributed by atoms with van der Waals surface area (Å²) in [6, 6.07) is 9.52. The van der Waals surface area contributed by atoms with Crippen LogP contribution in [0.25, 0.3) is 0 Å². The van der Waals surface area contributed by atoms with Crippen LogP contribution in [0.4, 0.5) is 17.5 Å². The molecule has 1 aromatic carbocycles. The molecule has 1 aliphatic rings. The molecule has 22 heavy (non-hydrogen) atoms. The van der Waals surface area contributed by atoms with Crippen molar-refractivity contribution in [1.29, 1.82) is 0 Å². The molecule has 116 valence electrons. The number of para-hydroxylation sites is 2. The van der Waals surface area contributed by atoms with E-state index >= 15 is 0 Å². The zero-order valence-corrected chi connectivity index (χ0v) is 12.6. The van der Waals surface area contributed by atoms with Crippen LogP contribution in [0.3, 0.4) is 0 Å². The van der Waals surface area contributed by atoms with Gasteiger partial charge in [-0.15, -0.1) is 0 Å². The van der Waals surface area contributed by atoms with E-state index in [9.17, 15) is 0 Å². The first-order valence-corrected chi connectivity index (χ1v) is 7.44. The third-order valence-electron chi connectivity index (χ3n) is 3.54. The number of hydrogen-bond acceptors (Lipinski definition) is 6. The smallest absolute Gasteiger partial charge is 0.229 e. The molecular formula is C16H20N4O2. The van der Waals surface area contributed by atoms with Gasteiger partial charge in [-0.2, -0.15) is 4.98 Å². The van der Waals surface area contributed by atoms with Gasteiger partial charge in [-0.3, -0.25) is 0 Å². The summed E-state index contributed by atoms with van der Waals surface area (Å²) in [6.45, 7) is 1.63. The van der Waals surface area contributed by atoms with Gasteiger partial charge >= 0.3 is 0 Å². The Bertz CT molecular complexity index is 615.